The third kappa shape index (κ3) is 3.43. The maximum absolute atomic E-state index is 14.5. The molecule has 2 rings (SSSR count). The van der Waals surface area contributed by atoms with Gasteiger partial charge in [-0.15, -0.1) is 12.6 Å². The van der Waals surface area contributed by atoms with Gasteiger partial charge in [-0.25, -0.2) is 4.39 Å². The highest BCUT2D eigenvalue weighted by atomic mass is 32.1. The van der Waals surface area contributed by atoms with E-state index in [4.69, 9.17) is 5.73 Å². The van der Waals surface area contributed by atoms with Gasteiger partial charge >= 0.3 is 12.1 Å². The van der Waals surface area contributed by atoms with Gasteiger partial charge < -0.3 is 10.8 Å². The highest BCUT2D eigenvalue weighted by molar-refractivity contribution is 7.80. The number of aliphatic carboxylic acids is 1. The number of benzene rings is 2. The lowest BCUT2D eigenvalue weighted by atomic mass is 9.63. The Bertz CT molecular complexity index is 698. The summed E-state index contributed by atoms with van der Waals surface area (Å²) in [5, 5.41) is 9.23. The van der Waals surface area contributed by atoms with Crippen molar-refractivity contribution in [3.63, 3.8) is 0 Å². The fraction of sp³-hybridized carbons (Fsp3) is 0.278. The molecule has 0 spiro atoms. The van der Waals surface area contributed by atoms with Crippen molar-refractivity contribution in [1.82, 2.24) is 0 Å². The summed E-state index contributed by atoms with van der Waals surface area (Å²) in [6.45, 7) is 0. The van der Waals surface area contributed by atoms with Crippen LogP contribution in [-0.4, -0.2) is 28.8 Å². The Labute approximate surface area is 153 Å². The molecule has 0 aromatic heterocycles. The van der Waals surface area contributed by atoms with Gasteiger partial charge in [-0.2, -0.15) is 13.2 Å². The topological polar surface area (TPSA) is 63.3 Å². The van der Waals surface area contributed by atoms with Crippen LogP contribution in [-0.2, 0) is 10.2 Å². The number of carboxylic acids is 1. The molecular formula is C18H17F4NO2S. The Morgan fingerprint density at radius 2 is 1.35 bits per heavy atom. The first kappa shape index (κ1) is 20.3. The van der Waals surface area contributed by atoms with Gasteiger partial charge in [0.1, 0.15) is 17.0 Å². The molecule has 0 amide bonds. The van der Waals surface area contributed by atoms with E-state index in [2.05, 4.69) is 12.6 Å². The zero-order chi connectivity index (χ0) is 19.5. The summed E-state index contributed by atoms with van der Waals surface area (Å²) in [5.41, 5.74) is -0.519. The monoisotopic (exact) mass is 387 g/mol. The van der Waals surface area contributed by atoms with Crippen LogP contribution in [0.5, 0.6) is 0 Å². The summed E-state index contributed by atoms with van der Waals surface area (Å²) in [7, 11) is 0. The molecule has 8 heteroatoms. The third-order valence-corrected chi connectivity index (χ3v) is 4.69. The molecule has 0 saturated carbocycles. The van der Waals surface area contributed by atoms with Crippen molar-refractivity contribution in [2.45, 2.75) is 23.1 Å². The van der Waals surface area contributed by atoms with Crippen LogP contribution in [0.4, 0.5) is 17.6 Å². The predicted molar refractivity (Wildman–Crippen MR) is 92.7 cm³/mol. The van der Waals surface area contributed by atoms with E-state index in [0.29, 0.717) is 0 Å². The second-order valence-corrected chi connectivity index (χ2v) is 6.29. The van der Waals surface area contributed by atoms with Crippen molar-refractivity contribution in [1.29, 1.82) is 0 Å². The summed E-state index contributed by atoms with van der Waals surface area (Å²) in [6, 6.07) is 11.1. The average molecular weight is 387 g/mol. The van der Waals surface area contributed by atoms with Crippen molar-refractivity contribution in [3.05, 3.63) is 71.8 Å². The van der Waals surface area contributed by atoms with Crippen LogP contribution < -0.4 is 5.73 Å². The second kappa shape index (κ2) is 7.67. The first-order chi connectivity index (χ1) is 12.1. The summed E-state index contributed by atoms with van der Waals surface area (Å²) in [5.74, 6) is -3.94. The van der Waals surface area contributed by atoms with Crippen LogP contribution in [0.25, 0.3) is 0 Å². The number of carboxylic acid groups (broad SMARTS) is 1. The first-order valence-corrected chi connectivity index (χ1v) is 8.14. The Morgan fingerprint density at radius 3 is 1.62 bits per heavy atom. The number of hydrogen-bond donors (Lipinski definition) is 3. The van der Waals surface area contributed by atoms with Gasteiger partial charge in [-0.3, -0.25) is 4.79 Å². The van der Waals surface area contributed by atoms with E-state index in [9.17, 15) is 27.5 Å². The van der Waals surface area contributed by atoms with Gasteiger partial charge in [0, 0.05) is 5.92 Å². The molecule has 2 unspecified atom stereocenters. The van der Waals surface area contributed by atoms with Crippen LogP contribution >= 0.6 is 12.6 Å². The lowest BCUT2D eigenvalue weighted by Gasteiger charge is -2.44. The highest BCUT2D eigenvalue weighted by Gasteiger charge is 2.65. The number of halogens is 4. The van der Waals surface area contributed by atoms with E-state index < -0.39 is 35.0 Å². The van der Waals surface area contributed by atoms with Crippen LogP contribution in [0.1, 0.15) is 11.1 Å². The van der Waals surface area contributed by atoms with Crippen LogP contribution in [0.2, 0.25) is 0 Å². The van der Waals surface area contributed by atoms with Crippen molar-refractivity contribution in [2.75, 3.05) is 0 Å². The molecule has 3 nitrogen and oxygen atoms in total. The molecule has 0 radical (unpaired) electrons. The Hall–Kier alpha value is -2.06. The average Bonchev–Trinajstić information content (AvgIpc) is 2.59. The van der Waals surface area contributed by atoms with E-state index in [1.54, 1.807) is 0 Å². The fourth-order valence-corrected chi connectivity index (χ4v) is 3.68. The summed E-state index contributed by atoms with van der Waals surface area (Å²) < 4.78 is 58.0. The molecule has 0 bridgehead atoms. The Balaban J connectivity index is 2.94. The molecule has 2 aromatic rings. The van der Waals surface area contributed by atoms with Crippen molar-refractivity contribution >= 4 is 18.6 Å². The van der Waals surface area contributed by atoms with E-state index in [1.165, 1.54) is 60.7 Å². The van der Waals surface area contributed by atoms with E-state index >= 15 is 0 Å². The van der Waals surface area contributed by atoms with E-state index in [-0.39, 0.29) is 11.1 Å². The number of hydrogen-bond acceptors (Lipinski definition) is 3. The Kier molecular flexibility index (Phi) is 5.98. The predicted octanol–water partition coefficient (Wildman–Crippen LogP) is 3.79. The molecule has 0 heterocycles. The number of thiol groups is 1. The number of carbonyl (C=O) groups is 1. The zero-order valence-corrected chi connectivity index (χ0v) is 14.3. The van der Waals surface area contributed by atoms with Crippen LogP contribution in [0.15, 0.2) is 60.7 Å². The zero-order valence-electron chi connectivity index (χ0n) is 13.4. The van der Waals surface area contributed by atoms with E-state index in [0.717, 1.165) is 0 Å². The van der Waals surface area contributed by atoms with Gasteiger partial charge in [0.05, 0.1) is 0 Å². The lowest BCUT2D eigenvalue weighted by molar-refractivity contribution is -0.199. The molecule has 26 heavy (non-hydrogen) atoms. The molecule has 0 saturated heterocycles. The minimum absolute atomic E-state index is 0.308. The molecule has 2 aromatic carbocycles. The van der Waals surface area contributed by atoms with Gasteiger partial charge in [-0.05, 0) is 11.1 Å². The Morgan fingerprint density at radius 1 is 0.962 bits per heavy atom. The highest BCUT2D eigenvalue weighted by Crippen LogP contribution is 2.54. The molecule has 140 valence electrons. The fourth-order valence-electron chi connectivity index (χ4n) is 3.27. The summed E-state index contributed by atoms with van der Waals surface area (Å²) in [4.78, 5) is 11.4. The molecule has 0 aliphatic carbocycles. The standard InChI is InChI=1S/C18H17F4NO2S/c19-15(26)13(14(23)16(24)25)17(18(20,21)22,11-7-3-1-4-8-11)12-9-5-2-6-10-12/h1-10,13-15,26H,23H2,(H,24,25)/t13?,14?,15-/m0/s1. The molecule has 0 aliphatic rings. The smallest absolute Gasteiger partial charge is 0.402 e. The first-order valence-electron chi connectivity index (χ1n) is 7.62. The van der Waals surface area contributed by atoms with Gasteiger partial charge in [0.2, 0.25) is 0 Å². The minimum Gasteiger partial charge on any atom is -0.480 e. The summed E-state index contributed by atoms with van der Waals surface area (Å²) in [6.07, 6.45) is -5.04. The maximum Gasteiger partial charge on any atom is 0.402 e. The van der Waals surface area contributed by atoms with Crippen molar-refractivity contribution in [3.8, 4) is 0 Å². The number of nitrogens with two attached hydrogens (primary N) is 1. The molecular weight excluding hydrogens is 370 g/mol. The SMILES string of the molecule is NC(C(=O)O)C([C@@H](F)S)C(c1ccccc1)(c1ccccc1)C(F)(F)F. The van der Waals surface area contributed by atoms with Gasteiger partial charge in [-0.1, -0.05) is 60.7 Å². The number of alkyl halides is 4. The van der Waals surface area contributed by atoms with Gasteiger partial charge in [0.25, 0.3) is 0 Å². The molecule has 0 fully saturated rings. The van der Waals surface area contributed by atoms with E-state index in [1.807, 2.05) is 0 Å². The minimum atomic E-state index is -5.04. The number of rotatable bonds is 6. The van der Waals surface area contributed by atoms with Crippen molar-refractivity contribution in [2.24, 2.45) is 11.7 Å². The van der Waals surface area contributed by atoms with Crippen molar-refractivity contribution < 1.29 is 27.5 Å². The molecule has 3 atom stereocenters. The normalized spacial score (nSPS) is 15.9. The third-order valence-electron chi connectivity index (χ3n) is 4.37. The maximum atomic E-state index is 14.5. The second-order valence-electron chi connectivity index (χ2n) is 5.80. The van der Waals surface area contributed by atoms with Crippen LogP contribution in [0.3, 0.4) is 0 Å². The van der Waals surface area contributed by atoms with Gasteiger partial charge in [0.15, 0.2) is 0 Å². The largest absolute Gasteiger partial charge is 0.480 e. The van der Waals surface area contributed by atoms with Crippen LogP contribution in [0, 0.1) is 5.92 Å². The molecule has 3 N–H and O–H groups in total. The quantitative estimate of drug-likeness (QED) is 0.522. The molecule has 0 aliphatic heterocycles. The summed E-state index contributed by atoms with van der Waals surface area (Å²) >= 11 is 3.54. The lowest BCUT2D eigenvalue weighted by Crippen LogP contribution is -2.59.